The van der Waals surface area contributed by atoms with Crippen LogP contribution in [0.25, 0.3) is 0 Å². The van der Waals surface area contributed by atoms with Gasteiger partial charge in [0.1, 0.15) is 17.2 Å². The number of carbonyl (C=O) groups is 3. The largest absolute Gasteiger partial charge is 0.494 e. The maximum Gasteiger partial charge on any atom is 0.343 e. The molecule has 0 amide bonds. The highest BCUT2D eigenvalue weighted by Crippen LogP contribution is 2.34. The summed E-state index contributed by atoms with van der Waals surface area (Å²) in [7, 11) is 0. The summed E-state index contributed by atoms with van der Waals surface area (Å²) in [5.74, 6) is 0.0617. The fourth-order valence-corrected chi connectivity index (χ4v) is 2.88. The van der Waals surface area contributed by atoms with Gasteiger partial charge in [-0.3, -0.25) is 4.79 Å². The molecule has 0 saturated carbocycles. The molecule has 2 rings (SSSR count). The zero-order chi connectivity index (χ0) is 24.4. The molecule has 0 aliphatic heterocycles. The second-order valence-electron chi connectivity index (χ2n) is 8.34. The van der Waals surface area contributed by atoms with Crippen molar-refractivity contribution in [3.8, 4) is 17.2 Å². The Hall–Kier alpha value is -3.61. The molecule has 0 saturated heterocycles. The molecule has 0 fully saturated rings. The summed E-state index contributed by atoms with van der Waals surface area (Å²) in [6.45, 7) is 11.4. The molecule has 0 aromatic heterocycles. The maximum absolute atomic E-state index is 12.6. The van der Waals surface area contributed by atoms with Crippen molar-refractivity contribution in [2.75, 3.05) is 13.2 Å². The Morgan fingerprint density at radius 2 is 1.55 bits per heavy atom. The average molecular weight is 455 g/mol. The van der Waals surface area contributed by atoms with E-state index in [0.717, 1.165) is 11.6 Å². The molecular weight excluding hydrogens is 424 g/mol. The van der Waals surface area contributed by atoms with Gasteiger partial charge in [0.05, 0.1) is 18.8 Å². The monoisotopic (exact) mass is 454 g/mol. The smallest absolute Gasteiger partial charge is 0.343 e. The summed E-state index contributed by atoms with van der Waals surface area (Å²) in [6.07, 6.45) is 2.52. The first-order valence-corrected chi connectivity index (χ1v) is 10.7. The van der Waals surface area contributed by atoms with E-state index in [1.165, 1.54) is 6.92 Å². The van der Waals surface area contributed by atoms with Crippen molar-refractivity contribution >= 4 is 17.9 Å². The van der Waals surface area contributed by atoms with E-state index in [4.69, 9.17) is 18.9 Å². The molecular formula is C26H30O7. The van der Waals surface area contributed by atoms with Crippen molar-refractivity contribution in [2.24, 2.45) is 0 Å². The Labute approximate surface area is 194 Å². The highest BCUT2D eigenvalue weighted by Gasteiger charge is 2.22. The van der Waals surface area contributed by atoms with E-state index in [-0.39, 0.29) is 5.41 Å². The van der Waals surface area contributed by atoms with Crippen LogP contribution in [0.1, 0.15) is 56.5 Å². The van der Waals surface area contributed by atoms with Crippen LogP contribution in [0.2, 0.25) is 0 Å². The Morgan fingerprint density at radius 1 is 0.909 bits per heavy atom. The maximum atomic E-state index is 12.6. The standard InChI is InChI=1S/C26H30O7/c1-6-24(28)31-16-8-7-15-30-20-11-9-19(10-12-20)25(29)33-21-13-14-23(32-18(2)27)22(17-21)26(3,4)5/h6,9-14,17H,1,7-8,15-16H2,2-5H3. The highest BCUT2D eigenvalue weighted by molar-refractivity contribution is 5.91. The third kappa shape index (κ3) is 8.44. The van der Waals surface area contributed by atoms with E-state index in [1.807, 2.05) is 20.8 Å². The predicted molar refractivity (Wildman–Crippen MR) is 124 cm³/mol. The molecule has 2 aromatic rings. The van der Waals surface area contributed by atoms with Gasteiger partial charge in [-0.2, -0.15) is 0 Å². The molecule has 0 heterocycles. The van der Waals surface area contributed by atoms with Crippen molar-refractivity contribution in [1.29, 1.82) is 0 Å². The Balaban J connectivity index is 1.93. The van der Waals surface area contributed by atoms with E-state index in [1.54, 1.807) is 42.5 Å². The van der Waals surface area contributed by atoms with Crippen molar-refractivity contribution < 1.29 is 33.3 Å². The third-order valence-corrected chi connectivity index (χ3v) is 4.53. The van der Waals surface area contributed by atoms with Crippen molar-refractivity contribution in [1.82, 2.24) is 0 Å². The van der Waals surface area contributed by atoms with E-state index >= 15 is 0 Å². The fourth-order valence-electron chi connectivity index (χ4n) is 2.88. The molecule has 7 heteroatoms. The number of unbranched alkanes of at least 4 members (excludes halogenated alkanes) is 1. The van der Waals surface area contributed by atoms with Crippen LogP contribution >= 0.6 is 0 Å². The van der Waals surface area contributed by atoms with Gasteiger partial charge in [-0.05, 0) is 60.7 Å². The number of ether oxygens (including phenoxy) is 4. The first-order valence-electron chi connectivity index (χ1n) is 10.7. The topological polar surface area (TPSA) is 88.1 Å². The van der Waals surface area contributed by atoms with Crippen LogP contribution in [-0.4, -0.2) is 31.1 Å². The summed E-state index contributed by atoms with van der Waals surface area (Å²) in [4.78, 5) is 34.9. The molecule has 0 aliphatic carbocycles. The molecule has 0 unspecified atom stereocenters. The van der Waals surface area contributed by atoms with E-state index in [9.17, 15) is 14.4 Å². The van der Waals surface area contributed by atoms with Gasteiger partial charge in [0.2, 0.25) is 0 Å². The molecule has 0 aliphatic rings. The molecule has 0 spiro atoms. The van der Waals surface area contributed by atoms with Crippen LogP contribution in [0.5, 0.6) is 17.2 Å². The van der Waals surface area contributed by atoms with Crippen molar-refractivity contribution in [3.63, 3.8) is 0 Å². The van der Waals surface area contributed by atoms with Gasteiger partial charge in [0.25, 0.3) is 0 Å². The molecule has 0 radical (unpaired) electrons. The first kappa shape index (κ1) is 25.6. The van der Waals surface area contributed by atoms with E-state index < -0.39 is 17.9 Å². The van der Waals surface area contributed by atoms with Crippen LogP contribution in [0, 0.1) is 0 Å². The van der Waals surface area contributed by atoms with Gasteiger partial charge in [-0.25, -0.2) is 9.59 Å². The fraction of sp³-hybridized carbons (Fsp3) is 0.346. The van der Waals surface area contributed by atoms with Crippen molar-refractivity contribution in [3.05, 3.63) is 66.2 Å². The number of hydrogen-bond donors (Lipinski definition) is 0. The summed E-state index contributed by atoms with van der Waals surface area (Å²) in [5.41, 5.74) is 0.811. The second-order valence-corrected chi connectivity index (χ2v) is 8.34. The first-order chi connectivity index (χ1) is 15.6. The lowest BCUT2D eigenvalue weighted by Crippen LogP contribution is -2.16. The van der Waals surface area contributed by atoms with Gasteiger partial charge in [-0.1, -0.05) is 27.4 Å². The lowest BCUT2D eigenvalue weighted by molar-refractivity contribution is -0.138. The number of rotatable bonds is 10. The van der Waals surface area contributed by atoms with Crippen molar-refractivity contribution in [2.45, 2.75) is 46.0 Å². The van der Waals surface area contributed by atoms with Crippen LogP contribution in [-0.2, 0) is 19.7 Å². The molecule has 0 bridgehead atoms. The molecule has 0 atom stereocenters. The zero-order valence-corrected chi connectivity index (χ0v) is 19.5. The molecule has 0 N–H and O–H groups in total. The highest BCUT2D eigenvalue weighted by atomic mass is 16.5. The Kier molecular flexibility index (Phi) is 9.21. The van der Waals surface area contributed by atoms with E-state index in [2.05, 4.69) is 6.58 Å². The lowest BCUT2D eigenvalue weighted by Gasteiger charge is -2.22. The zero-order valence-electron chi connectivity index (χ0n) is 19.5. The Bertz CT molecular complexity index is 985. The van der Waals surface area contributed by atoms with Gasteiger partial charge in [0, 0.05) is 18.6 Å². The summed E-state index contributed by atoms with van der Waals surface area (Å²) < 4.78 is 21.3. The molecule has 33 heavy (non-hydrogen) atoms. The van der Waals surface area contributed by atoms with Crippen LogP contribution in [0.15, 0.2) is 55.1 Å². The summed E-state index contributed by atoms with van der Waals surface area (Å²) in [5, 5.41) is 0. The molecule has 176 valence electrons. The van der Waals surface area contributed by atoms with Crippen LogP contribution in [0.3, 0.4) is 0 Å². The molecule has 2 aromatic carbocycles. The molecule has 7 nitrogen and oxygen atoms in total. The quantitative estimate of drug-likeness (QED) is 0.216. The summed E-state index contributed by atoms with van der Waals surface area (Å²) >= 11 is 0. The predicted octanol–water partition coefficient (Wildman–Crippen LogP) is 5.02. The SMILES string of the molecule is C=CC(=O)OCCCCOc1ccc(C(=O)Oc2ccc(OC(C)=O)c(C(C)(C)C)c2)cc1. The normalized spacial score (nSPS) is 10.8. The third-order valence-electron chi connectivity index (χ3n) is 4.53. The van der Waals surface area contributed by atoms with E-state index in [0.29, 0.717) is 48.9 Å². The number of hydrogen-bond acceptors (Lipinski definition) is 7. The van der Waals surface area contributed by atoms with Gasteiger partial charge < -0.3 is 18.9 Å². The second kappa shape index (κ2) is 11.9. The number of carbonyl (C=O) groups excluding carboxylic acids is 3. The summed E-state index contributed by atoms with van der Waals surface area (Å²) in [6, 6.07) is 11.6. The Morgan fingerprint density at radius 3 is 2.15 bits per heavy atom. The number of esters is 3. The minimum atomic E-state index is -0.509. The van der Waals surface area contributed by atoms with Crippen LogP contribution in [0.4, 0.5) is 0 Å². The number of benzene rings is 2. The van der Waals surface area contributed by atoms with Gasteiger partial charge >= 0.3 is 17.9 Å². The minimum Gasteiger partial charge on any atom is -0.494 e. The van der Waals surface area contributed by atoms with Crippen LogP contribution < -0.4 is 14.2 Å². The minimum absolute atomic E-state index is 0.317. The average Bonchev–Trinajstić information content (AvgIpc) is 2.76. The van der Waals surface area contributed by atoms with Gasteiger partial charge in [0.15, 0.2) is 0 Å². The lowest BCUT2D eigenvalue weighted by atomic mass is 9.86. The van der Waals surface area contributed by atoms with Gasteiger partial charge in [-0.15, -0.1) is 0 Å².